The van der Waals surface area contributed by atoms with Crippen LogP contribution < -0.4 is 10.1 Å². The van der Waals surface area contributed by atoms with Crippen LogP contribution >= 0.6 is 22.6 Å². The molecule has 0 bridgehead atoms. The second kappa shape index (κ2) is 7.37. The van der Waals surface area contributed by atoms with E-state index in [-0.39, 0.29) is 9.26 Å². The molecule has 1 atom stereocenters. The third-order valence-electron chi connectivity index (χ3n) is 2.90. The van der Waals surface area contributed by atoms with Crippen molar-refractivity contribution < 1.29 is 18.3 Å². The minimum Gasteiger partial charge on any atom is -0.481 e. The number of anilines is 1. The number of rotatable bonds is 4. The van der Waals surface area contributed by atoms with Gasteiger partial charge in [-0.25, -0.2) is 8.78 Å². The van der Waals surface area contributed by atoms with Gasteiger partial charge in [-0.2, -0.15) is 5.26 Å². The van der Waals surface area contributed by atoms with Gasteiger partial charge in [0.2, 0.25) is 0 Å². The Morgan fingerprint density at radius 2 is 1.96 bits per heavy atom. The molecule has 0 fully saturated rings. The second-order valence-electron chi connectivity index (χ2n) is 4.64. The molecular weight excluding hydrogens is 417 g/mol. The van der Waals surface area contributed by atoms with Crippen molar-refractivity contribution in [3.05, 3.63) is 57.2 Å². The molecule has 2 aromatic rings. The standard InChI is InChI=1S/C16H11F2IN2O2/c1-9(23-12-4-2-3-10(5-12)8-20)16(22)21-11-6-13(17)15(19)14(18)7-11/h2-7,9H,1H3,(H,21,22). The van der Waals surface area contributed by atoms with Crippen molar-refractivity contribution in [2.75, 3.05) is 5.32 Å². The van der Waals surface area contributed by atoms with Crippen LogP contribution in [0.15, 0.2) is 36.4 Å². The van der Waals surface area contributed by atoms with Crippen LogP contribution in [0.5, 0.6) is 5.75 Å². The summed E-state index contributed by atoms with van der Waals surface area (Å²) in [6.45, 7) is 1.49. The molecule has 1 amide bonds. The number of carbonyl (C=O) groups is 1. The van der Waals surface area contributed by atoms with Crippen LogP contribution in [0.1, 0.15) is 12.5 Å². The minimum atomic E-state index is -0.908. The van der Waals surface area contributed by atoms with E-state index in [1.807, 2.05) is 6.07 Å². The van der Waals surface area contributed by atoms with Crippen molar-refractivity contribution >= 4 is 34.2 Å². The van der Waals surface area contributed by atoms with Gasteiger partial charge in [0.05, 0.1) is 15.2 Å². The Labute approximate surface area is 145 Å². The lowest BCUT2D eigenvalue weighted by Crippen LogP contribution is -2.30. The summed E-state index contributed by atoms with van der Waals surface area (Å²) >= 11 is 1.54. The van der Waals surface area contributed by atoms with E-state index in [1.54, 1.807) is 40.8 Å². The molecule has 1 unspecified atom stereocenters. The zero-order chi connectivity index (χ0) is 17.0. The SMILES string of the molecule is CC(Oc1cccc(C#N)c1)C(=O)Nc1cc(F)c(I)c(F)c1. The van der Waals surface area contributed by atoms with Crippen molar-refractivity contribution in [3.63, 3.8) is 0 Å². The lowest BCUT2D eigenvalue weighted by molar-refractivity contribution is -0.122. The molecule has 0 radical (unpaired) electrons. The summed E-state index contributed by atoms with van der Waals surface area (Å²) in [7, 11) is 0. The summed E-state index contributed by atoms with van der Waals surface area (Å²) in [5, 5.41) is 11.2. The highest BCUT2D eigenvalue weighted by Crippen LogP contribution is 2.21. The van der Waals surface area contributed by atoms with E-state index < -0.39 is 23.6 Å². The Balaban J connectivity index is 2.07. The third kappa shape index (κ3) is 4.39. The van der Waals surface area contributed by atoms with Gasteiger partial charge in [-0.3, -0.25) is 4.79 Å². The fourth-order valence-corrected chi connectivity index (χ4v) is 2.08. The van der Waals surface area contributed by atoms with Crippen LogP contribution in [0.25, 0.3) is 0 Å². The number of nitriles is 1. The van der Waals surface area contributed by atoms with E-state index in [4.69, 9.17) is 10.00 Å². The van der Waals surface area contributed by atoms with Gasteiger partial charge >= 0.3 is 0 Å². The maximum atomic E-state index is 13.5. The quantitative estimate of drug-likeness (QED) is 0.595. The van der Waals surface area contributed by atoms with Crippen LogP contribution in [0.2, 0.25) is 0 Å². The monoisotopic (exact) mass is 428 g/mol. The summed E-state index contributed by atoms with van der Waals surface area (Å²) in [4.78, 5) is 12.0. The van der Waals surface area contributed by atoms with Gasteiger partial charge in [0.25, 0.3) is 5.91 Å². The van der Waals surface area contributed by atoms with E-state index >= 15 is 0 Å². The molecule has 0 heterocycles. The number of ether oxygens (including phenoxy) is 1. The van der Waals surface area contributed by atoms with Gasteiger partial charge in [0.1, 0.15) is 17.4 Å². The predicted molar refractivity (Wildman–Crippen MR) is 89.0 cm³/mol. The highest BCUT2D eigenvalue weighted by Gasteiger charge is 2.17. The van der Waals surface area contributed by atoms with Crippen LogP contribution in [-0.4, -0.2) is 12.0 Å². The van der Waals surface area contributed by atoms with Gasteiger partial charge in [-0.1, -0.05) is 6.07 Å². The molecule has 0 spiro atoms. The summed E-state index contributed by atoms with van der Waals surface area (Å²) in [5.41, 5.74) is 0.406. The molecule has 4 nitrogen and oxygen atoms in total. The molecule has 0 aliphatic rings. The Hall–Kier alpha value is -2.21. The number of carbonyl (C=O) groups excluding carboxylic acids is 1. The number of amides is 1. The molecule has 0 aliphatic carbocycles. The smallest absolute Gasteiger partial charge is 0.265 e. The third-order valence-corrected chi connectivity index (χ3v) is 3.93. The number of nitrogens with one attached hydrogen (secondary N) is 1. The molecule has 0 saturated carbocycles. The average Bonchev–Trinajstić information content (AvgIpc) is 2.52. The summed E-state index contributed by atoms with van der Waals surface area (Å²) < 4.78 is 32.2. The Bertz CT molecular complexity index is 767. The number of hydrogen-bond donors (Lipinski definition) is 1. The number of halogens is 3. The van der Waals surface area contributed by atoms with Crippen LogP contribution in [-0.2, 0) is 4.79 Å². The molecule has 7 heteroatoms. The zero-order valence-corrected chi connectivity index (χ0v) is 14.1. The fraction of sp³-hybridized carbons (Fsp3) is 0.125. The van der Waals surface area contributed by atoms with E-state index in [2.05, 4.69) is 5.32 Å². The first kappa shape index (κ1) is 17.1. The predicted octanol–water partition coefficient (Wildman–Crippen LogP) is 3.85. The zero-order valence-electron chi connectivity index (χ0n) is 11.9. The molecule has 1 N–H and O–H groups in total. The molecule has 0 aliphatic heterocycles. The van der Waals surface area contributed by atoms with Crippen molar-refractivity contribution in [2.45, 2.75) is 13.0 Å². The molecule has 2 rings (SSSR count). The summed E-state index contributed by atoms with van der Waals surface area (Å²) in [6, 6.07) is 10.4. The summed E-state index contributed by atoms with van der Waals surface area (Å²) in [6.07, 6.45) is -0.908. The van der Waals surface area contributed by atoms with Crippen molar-refractivity contribution in [2.24, 2.45) is 0 Å². The number of benzene rings is 2. The second-order valence-corrected chi connectivity index (χ2v) is 5.72. The Morgan fingerprint density at radius 3 is 2.57 bits per heavy atom. The van der Waals surface area contributed by atoms with Crippen molar-refractivity contribution in [1.82, 2.24) is 0 Å². The van der Waals surface area contributed by atoms with Crippen molar-refractivity contribution in [3.8, 4) is 11.8 Å². The maximum Gasteiger partial charge on any atom is 0.265 e. The lowest BCUT2D eigenvalue weighted by atomic mass is 10.2. The first-order chi connectivity index (χ1) is 10.9. The van der Waals surface area contributed by atoms with Gasteiger partial charge in [0.15, 0.2) is 6.10 Å². The molecule has 23 heavy (non-hydrogen) atoms. The van der Waals surface area contributed by atoms with Gasteiger partial charge < -0.3 is 10.1 Å². The molecule has 0 aromatic heterocycles. The van der Waals surface area contributed by atoms with Crippen LogP contribution in [0, 0.1) is 26.5 Å². The largest absolute Gasteiger partial charge is 0.481 e. The van der Waals surface area contributed by atoms with Gasteiger partial charge in [-0.05, 0) is 59.8 Å². The van der Waals surface area contributed by atoms with Crippen LogP contribution in [0.3, 0.4) is 0 Å². The molecular formula is C16H11F2IN2O2. The van der Waals surface area contributed by atoms with E-state index in [0.29, 0.717) is 11.3 Å². The number of nitrogens with zero attached hydrogens (tertiary/aromatic N) is 1. The molecule has 0 saturated heterocycles. The first-order valence-electron chi connectivity index (χ1n) is 6.53. The normalized spacial score (nSPS) is 11.4. The van der Waals surface area contributed by atoms with Crippen LogP contribution in [0.4, 0.5) is 14.5 Å². The topological polar surface area (TPSA) is 62.1 Å². The van der Waals surface area contributed by atoms with Gasteiger partial charge in [0, 0.05) is 5.69 Å². The highest BCUT2D eigenvalue weighted by molar-refractivity contribution is 14.1. The highest BCUT2D eigenvalue weighted by atomic mass is 127. The van der Waals surface area contributed by atoms with Crippen molar-refractivity contribution in [1.29, 1.82) is 5.26 Å². The minimum absolute atomic E-state index is 0.00615. The Kier molecular flexibility index (Phi) is 5.50. The average molecular weight is 428 g/mol. The van der Waals surface area contributed by atoms with Gasteiger partial charge in [-0.15, -0.1) is 0 Å². The number of hydrogen-bond acceptors (Lipinski definition) is 3. The summed E-state index contributed by atoms with van der Waals surface area (Å²) in [5.74, 6) is -1.72. The van der Waals surface area contributed by atoms with E-state index in [0.717, 1.165) is 12.1 Å². The van der Waals surface area contributed by atoms with E-state index in [1.165, 1.54) is 13.0 Å². The Morgan fingerprint density at radius 1 is 1.30 bits per heavy atom. The first-order valence-corrected chi connectivity index (χ1v) is 7.61. The molecule has 2 aromatic carbocycles. The van der Waals surface area contributed by atoms with E-state index in [9.17, 15) is 13.6 Å². The maximum absolute atomic E-state index is 13.5. The fourth-order valence-electron chi connectivity index (χ4n) is 1.77. The lowest BCUT2D eigenvalue weighted by Gasteiger charge is -2.15. The molecule has 118 valence electrons.